The van der Waals surface area contributed by atoms with Gasteiger partial charge in [-0.2, -0.15) is 5.10 Å². The Morgan fingerprint density at radius 2 is 1.86 bits per heavy atom. The molecule has 3 N–H and O–H groups in total. The van der Waals surface area contributed by atoms with Crippen LogP contribution in [0.1, 0.15) is 74.3 Å². The minimum absolute atomic E-state index is 0.0464. The van der Waals surface area contributed by atoms with E-state index in [1.165, 1.54) is 0 Å². The number of fused-ring (bicyclic) bond motifs is 1. The van der Waals surface area contributed by atoms with Gasteiger partial charge in [0.25, 0.3) is 5.91 Å². The molecular formula is C22H28N4O3. The van der Waals surface area contributed by atoms with Gasteiger partial charge < -0.3 is 15.7 Å². The van der Waals surface area contributed by atoms with Crippen LogP contribution in [0.4, 0.5) is 5.82 Å². The molecule has 29 heavy (non-hydrogen) atoms. The highest BCUT2D eigenvalue weighted by molar-refractivity contribution is 6.01. The molecule has 154 valence electrons. The monoisotopic (exact) mass is 396 g/mol. The van der Waals surface area contributed by atoms with E-state index in [4.69, 9.17) is 0 Å². The summed E-state index contributed by atoms with van der Waals surface area (Å²) in [6, 6.07) is 10.2. The minimum atomic E-state index is -1.19. The van der Waals surface area contributed by atoms with E-state index in [1.807, 2.05) is 22.9 Å². The fraction of sp³-hybridized carbons (Fsp3) is 0.500. The van der Waals surface area contributed by atoms with Gasteiger partial charge in [-0.1, -0.05) is 49.6 Å². The first-order valence-electron chi connectivity index (χ1n) is 10.3. The van der Waals surface area contributed by atoms with Crippen molar-refractivity contribution in [1.82, 2.24) is 15.1 Å². The summed E-state index contributed by atoms with van der Waals surface area (Å²) in [5, 5.41) is 20.6. The Labute approximate surface area is 170 Å². The molecule has 1 aromatic carbocycles. The third kappa shape index (κ3) is 3.50. The minimum Gasteiger partial charge on any atom is -0.480 e. The van der Waals surface area contributed by atoms with Crippen LogP contribution in [0.3, 0.4) is 0 Å². The number of anilines is 1. The summed E-state index contributed by atoms with van der Waals surface area (Å²) in [6.45, 7) is 4.20. The van der Waals surface area contributed by atoms with Gasteiger partial charge in [-0.05, 0) is 38.7 Å². The summed E-state index contributed by atoms with van der Waals surface area (Å²) >= 11 is 0. The van der Waals surface area contributed by atoms with Gasteiger partial charge in [-0.25, -0.2) is 9.48 Å². The molecule has 0 bridgehead atoms. The van der Waals surface area contributed by atoms with Gasteiger partial charge in [0.2, 0.25) is 0 Å². The first-order valence-corrected chi connectivity index (χ1v) is 10.3. The number of amides is 1. The van der Waals surface area contributed by atoms with Gasteiger partial charge in [-0.15, -0.1) is 0 Å². The molecule has 1 aromatic heterocycles. The lowest BCUT2D eigenvalue weighted by Crippen LogP contribution is -2.55. The van der Waals surface area contributed by atoms with Crippen molar-refractivity contribution >= 4 is 17.7 Å². The predicted octanol–water partition coefficient (Wildman–Crippen LogP) is 3.69. The number of benzene rings is 1. The number of hydrogen-bond acceptors (Lipinski definition) is 4. The van der Waals surface area contributed by atoms with Gasteiger partial charge in [-0.3, -0.25) is 4.79 Å². The third-order valence-electron chi connectivity index (χ3n) is 6.27. The lowest BCUT2D eigenvalue weighted by atomic mass is 9.81. The second kappa shape index (κ2) is 7.21. The van der Waals surface area contributed by atoms with Crippen molar-refractivity contribution in [1.29, 1.82) is 0 Å². The van der Waals surface area contributed by atoms with Crippen molar-refractivity contribution in [2.45, 2.75) is 69.5 Å². The van der Waals surface area contributed by atoms with Crippen molar-refractivity contribution < 1.29 is 14.7 Å². The van der Waals surface area contributed by atoms with E-state index < -0.39 is 11.5 Å². The largest absolute Gasteiger partial charge is 0.480 e. The van der Waals surface area contributed by atoms with Crippen LogP contribution < -0.4 is 10.6 Å². The lowest BCUT2D eigenvalue weighted by Gasteiger charge is -2.38. The van der Waals surface area contributed by atoms with E-state index in [0.717, 1.165) is 31.2 Å². The molecular weight excluding hydrogens is 368 g/mol. The second-order valence-corrected chi connectivity index (χ2v) is 8.84. The summed E-state index contributed by atoms with van der Waals surface area (Å²) in [5.41, 5.74) is 0.0702. The number of carbonyl (C=O) groups is 2. The standard InChI is InChI=1S/C22H28N4O3/c1-21(2)13-17(15-9-5-3-6-10-15)24-18-16(14-23-26(18)21)19(27)25-22(20(28)29)11-7-4-8-12-22/h3,5-6,9-10,14,17,24H,4,7-8,11-13H2,1-2H3,(H,25,27)(H,28,29). The van der Waals surface area contributed by atoms with E-state index in [9.17, 15) is 14.7 Å². The number of carboxylic acids is 1. The van der Waals surface area contributed by atoms with Crippen LogP contribution in [0.5, 0.6) is 0 Å². The molecule has 1 aliphatic heterocycles. The number of nitrogens with one attached hydrogen (secondary N) is 2. The van der Waals surface area contributed by atoms with Crippen LogP contribution in [0.15, 0.2) is 36.5 Å². The van der Waals surface area contributed by atoms with E-state index >= 15 is 0 Å². The zero-order valence-corrected chi connectivity index (χ0v) is 16.9. The highest BCUT2D eigenvalue weighted by Gasteiger charge is 2.43. The molecule has 0 radical (unpaired) electrons. The SMILES string of the molecule is CC1(C)CC(c2ccccc2)Nc2c(C(=O)NC3(C(=O)O)CCCCC3)cnn21. The van der Waals surface area contributed by atoms with Crippen molar-refractivity contribution in [2.75, 3.05) is 5.32 Å². The molecule has 7 nitrogen and oxygen atoms in total. The van der Waals surface area contributed by atoms with Crippen LogP contribution >= 0.6 is 0 Å². The maximum Gasteiger partial charge on any atom is 0.329 e. The molecule has 0 saturated heterocycles. The van der Waals surface area contributed by atoms with Gasteiger partial charge in [0.05, 0.1) is 17.8 Å². The molecule has 1 saturated carbocycles. The fourth-order valence-electron chi connectivity index (χ4n) is 4.63. The average Bonchev–Trinajstić information content (AvgIpc) is 3.14. The Morgan fingerprint density at radius 3 is 2.52 bits per heavy atom. The van der Waals surface area contributed by atoms with Crippen LogP contribution in [-0.4, -0.2) is 32.3 Å². The Hall–Kier alpha value is -2.83. The quantitative estimate of drug-likeness (QED) is 0.732. The highest BCUT2D eigenvalue weighted by Crippen LogP contribution is 2.40. The van der Waals surface area contributed by atoms with Crippen molar-refractivity contribution in [3.8, 4) is 0 Å². The maximum absolute atomic E-state index is 13.1. The first kappa shape index (κ1) is 19.5. The number of carbonyl (C=O) groups excluding carboxylic acids is 1. The summed E-state index contributed by atoms with van der Waals surface area (Å²) in [5.74, 6) is -0.696. The van der Waals surface area contributed by atoms with Crippen LogP contribution in [-0.2, 0) is 10.3 Å². The van der Waals surface area contributed by atoms with Crippen LogP contribution in [0.25, 0.3) is 0 Å². The molecule has 2 aromatic rings. The second-order valence-electron chi connectivity index (χ2n) is 8.84. The van der Waals surface area contributed by atoms with Gasteiger partial charge in [0.1, 0.15) is 16.9 Å². The Bertz CT molecular complexity index is 913. The Morgan fingerprint density at radius 1 is 1.17 bits per heavy atom. The highest BCUT2D eigenvalue weighted by atomic mass is 16.4. The molecule has 7 heteroatoms. The summed E-state index contributed by atoms with van der Waals surface area (Å²) < 4.78 is 1.84. The topological polar surface area (TPSA) is 96.2 Å². The normalized spacial score (nSPS) is 22.2. The molecule has 0 spiro atoms. The average molecular weight is 396 g/mol. The lowest BCUT2D eigenvalue weighted by molar-refractivity contribution is -0.145. The molecule has 2 heterocycles. The third-order valence-corrected chi connectivity index (χ3v) is 6.27. The molecule has 2 aliphatic rings. The number of aliphatic carboxylic acids is 1. The number of rotatable bonds is 4. The van der Waals surface area contributed by atoms with Crippen LogP contribution in [0.2, 0.25) is 0 Å². The van der Waals surface area contributed by atoms with E-state index in [-0.39, 0.29) is 17.5 Å². The smallest absolute Gasteiger partial charge is 0.329 e. The zero-order valence-electron chi connectivity index (χ0n) is 16.9. The van der Waals surface area contributed by atoms with Crippen molar-refractivity contribution in [2.24, 2.45) is 0 Å². The number of hydrogen-bond donors (Lipinski definition) is 3. The molecule has 1 atom stereocenters. The summed E-state index contributed by atoms with van der Waals surface area (Å²) in [7, 11) is 0. The molecule has 1 unspecified atom stereocenters. The summed E-state index contributed by atoms with van der Waals surface area (Å²) in [6.07, 6.45) is 5.91. The van der Waals surface area contributed by atoms with E-state index in [1.54, 1.807) is 6.20 Å². The first-order chi connectivity index (χ1) is 13.8. The Kier molecular flexibility index (Phi) is 4.84. The van der Waals surface area contributed by atoms with Gasteiger partial charge in [0.15, 0.2) is 0 Å². The maximum atomic E-state index is 13.1. The van der Waals surface area contributed by atoms with Crippen LogP contribution in [0, 0.1) is 0 Å². The molecule has 4 rings (SSSR count). The van der Waals surface area contributed by atoms with E-state index in [2.05, 4.69) is 41.7 Å². The van der Waals surface area contributed by atoms with Gasteiger partial charge in [0, 0.05) is 0 Å². The number of carboxylic acid groups (broad SMARTS) is 1. The fourth-order valence-corrected chi connectivity index (χ4v) is 4.63. The number of nitrogens with zero attached hydrogens (tertiary/aromatic N) is 2. The van der Waals surface area contributed by atoms with Crippen molar-refractivity contribution in [3.63, 3.8) is 0 Å². The Balaban J connectivity index is 1.65. The van der Waals surface area contributed by atoms with Crippen molar-refractivity contribution in [3.05, 3.63) is 47.7 Å². The van der Waals surface area contributed by atoms with E-state index in [0.29, 0.717) is 24.2 Å². The number of aromatic nitrogens is 2. The molecule has 1 aliphatic carbocycles. The van der Waals surface area contributed by atoms with Gasteiger partial charge >= 0.3 is 5.97 Å². The summed E-state index contributed by atoms with van der Waals surface area (Å²) in [4.78, 5) is 25.1. The molecule has 1 fully saturated rings. The predicted molar refractivity (Wildman–Crippen MR) is 110 cm³/mol. The molecule has 1 amide bonds. The zero-order chi connectivity index (χ0) is 20.6.